The first kappa shape index (κ1) is 40.5. The number of hydrogen-bond donors (Lipinski definition) is 1. The number of carbonyl (C=O) groups is 5. The molecular formula is C38H60O11. The Labute approximate surface area is 292 Å². The van der Waals surface area contributed by atoms with Gasteiger partial charge in [0.15, 0.2) is 6.10 Å². The number of aliphatic hydroxyl groups excluding tert-OH is 1. The summed E-state index contributed by atoms with van der Waals surface area (Å²) in [7, 11) is 0. The van der Waals surface area contributed by atoms with Gasteiger partial charge in [-0.25, -0.2) is 0 Å². The third-order valence-electron chi connectivity index (χ3n) is 11.0. The average molecular weight is 693 g/mol. The van der Waals surface area contributed by atoms with Gasteiger partial charge in [0.2, 0.25) is 0 Å². The lowest BCUT2D eigenvalue weighted by atomic mass is 9.49. The minimum absolute atomic E-state index is 0.111. The van der Waals surface area contributed by atoms with Crippen LogP contribution < -0.4 is 0 Å². The molecule has 49 heavy (non-hydrogen) atoms. The van der Waals surface area contributed by atoms with Crippen molar-refractivity contribution in [1.29, 1.82) is 0 Å². The van der Waals surface area contributed by atoms with E-state index in [0.29, 0.717) is 24.8 Å². The molecule has 1 N–H and O–H groups in total. The molecule has 0 heterocycles. The number of rotatable bonds is 13. The van der Waals surface area contributed by atoms with E-state index in [1.807, 2.05) is 54.5 Å². The zero-order valence-electron chi connectivity index (χ0n) is 31.4. The summed E-state index contributed by atoms with van der Waals surface area (Å²) in [6, 6.07) is 0. The summed E-state index contributed by atoms with van der Waals surface area (Å²) in [5.41, 5.74) is -1.62. The van der Waals surface area contributed by atoms with E-state index in [-0.39, 0.29) is 31.6 Å². The molecule has 0 aromatic rings. The van der Waals surface area contributed by atoms with Crippen molar-refractivity contribution in [2.45, 2.75) is 158 Å². The Bertz CT molecular complexity index is 1260. The first-order chi connectivity index (χ1) is 22.9. The summed E-state index contributed by atoms with van der Waals surface area (Å²) in [6.45, 7) is 20.0. The maximum Gasteiger partial charge on any atom is 0.308 e. The molecule has 278 valence electrons. The molecule has 0 radical (unpaired) electrons. The fourth-order valence-corrected chi connectivity index (χ4v) is 8.65. The van der Waals surface area contributed by atoms with Crippen molar-refractivity contribution in [3.63, 3.8) is 0 Å². The van der Waals surface area contributed by atoms with Crippen LogP contribution in [0.25, 0.3) is 0 Å². The van der Waals surface area contributed by atoms with Crippen molar-refractivity contribution >= 4 is 29.8 Å². The van der Waals surface area contributed by atoms with Gasteiger partial charge in [-0.1, -0.05) is 68.4 Å². The molecule has 0 saturated heterocycles. The van der Waals surface area contributed by atoms with Crippen LogP contribution >= 0.6 is 0 Å². The van der Waals surface area contributed by atoms with E-state index in [4.69, 9.17) is 23.7 Å². The average Bonchev–Trinajstić information content (AvgIpc) is 3.21. The van der Waals surface area contributed by atoms with Crippen molar-refractivity contribution in [2.24, 2.45) is 40.4 Å². The lowest BCUT2D eigenvalue weighted by Gasteiger charge is -2.58. The fraction of sp³-hybridized carbons (Fsp3) is 0.816. The number of hydrogen-bond acceptors (Lipinski definition) is 11. The fourth-order valence-electron chi connectivity index (χ4n) is 8.65. The summed E-state index contributed by atoms with van der Waals surface area (Å²) >= 11 is 0. The lowest BCUT2D eigenvalue weighted by molar-refractivity contribution is -0.226. The third-order valence-corrected chi connectivity index (χ3v) is 11.0. The van der Waals surface area contributed by atoms with Gasteiger partial charge < -0.3 is 28.8 Å². The molecule has 11 nitrogen and oxygen atoms in total. The molecule has 0 bridgehead atoms. The molecule has 0 spiro atoms. The molecule has 0 unspecified atom stereocenters. The Morgan fingerprint density at radius 3 is 1.78 bits per heavy atom. The Hall–Kier alpha value is -2.95. The number of allylic oxidation sites excluding steroid dienone is 1. The zero-order valence-corrected chi connectivity index (χ0v) is 31.4. The van der Waals surface area contributed by atoms with Crippen molar-refractivity contribution in [1.82, 2.24) is 0 Å². The van der Waals surface area contributed by atoms with Gasteiger partial charge in [-0.3, -0.25) is 24.0 Å². The van der Waals surface area contributed by atoms with Gasteiger partial charge in [0, 0.05) is 42.9 Å². The lowest BCUT2D eigenvalue weighted by Crippen LogP contribution is -2.63. The third kappa shape index (κ3) is 8.18. The summed E-state index contributed by atoms with van der Waals surface area (Å²) in [4.78, 5) is 65.9. The molecule has 0 aromatic carbocycles. The van der Waals surface area contributed by atoms with Crippen LogP contribution in [0.1, 0.15) is 121 Å². The highest BCUT2D eigenvalue weighted by atomic mass is 16.6. The second-order valence-electron chi connectivity index (χ2n) is 15.5. The van der Waals surface area contributed by atoms with Crippen molar-refractivity contribution in [3.8, 4) is 0 Å². The highest BCUT2D eigenvalue weighted by molar-refractivity contribution is 5.73. The first-order valence-electron chi connectivity index (χ1n) is 18.2. The van der Waals surface area contributed by atoms with Gasteiger partial charge >= 0.3 is 29.8 Å². The first-order valence-corrected chi connectivity index (χ1v) is 18.2. The van der Waals surface area contributed by atoms with E-state index < -0.39 is 101 Å². The van der Waals surface area contributed by atoms with Gasteiger partial charge in [0.05, 0.1) is 5.92 Å². The highest BCUT2D eigenvalue weighted by Crippen LogP contribution is 2.67. The summed E-state index contributed by atoms with van der Waals surface area (Å²) in [5, 5.41) is 11.7. The Balaban J connectivity index is 2.42. The maximum absolute atomic E-state index is 13.4. The van der Waals surface area contributed by atoms with Gasteiger partial charge in [-0.2, -0.15) is 0 Å². The van der Waals surface area contributed by atoms with Crippen LogP contribution in [0, 0.1) is 40.4 Å². The molecule has 3 aliphatic rings. The van der Waals surface area contributed by atoms with Crippen LogP contribution in [0.4, 0.5) is 0 Å². The van der Waals surface area contributed by atoms with Crippen LogP contribution in [0.2, 0.25) is 0 Å². The standard InChI is InChI=1S/C38H60O11/c1-12-15-26(40)46-25-19-37(10)24(18-22(8)31(43)33(45-23(9)39)34(37)47-27(41)16-13-2)30-29(20(4)5)32(49-36(44)21(6)7)35(38(25,30)11)48-28(42)17-14-3/h18,20-21,24-25,29-35,43H,12-17,19H2,1-11H3/t24-,25-,29+,30+,31-,32+,33-,34+,35-,37+,38-/m0/s1. The molecule has 3 aliphatic carbocycles. The number of carbonyl (C=O) groups excluding carboxylic acids is 5. The Morgan fingerprint density at radius 1 is 0.796 bits per heavy atom. The van der Waals surface area contributed by atoms with Crippen LogP contribution in [-0.4, -0.2) is 71.6 Å². The van der Waals surface area contributed by atoms with Crippen LogP contribution in [0.3, 0.4) is 0 Å². The topological polar surface area (TPSA) is 152 Å². The van der Waals surface area contributed by atoms with Gasteiger partial charge in [-0.15, -0.1) is 0 Å². The smallest absolute Gasteiger partial charge is 0.308 e. The van der Waals surface area contributed by atoms with Crippen molar-refractivity contribution in [3.05, 3.63) is 11.6 Å². The monoisotopic (exact) mass is 692 g/mol. The predicted octanol–water partition coefficient (Wildman–Crippen LogP) is 5.88. The largest absolute Gasteiger partial charge is 0.462 e. The maximum atomic E-state index is 13.4. The zero-order chi connectivity index (χ0) is 37.0. The highest BCUT2D eigenvalue weighted by Gasteiger charge is 2.74. The molecule has 0 aliphatic heterocycles. The van der Waals surface area contributed by atoms with Crippen molar-refractivity contribution < 1.29 is 52.8 Å². The Kier molecular flexibility index (Phi) is 13.5. The Morgan fingerprint density at radius 2 is 1.31 bits per heavy atom. The number of fused-ring (bicyclic) bond motifs is 3. The molecular weight excluding hydrogens is 632 g/mol. The van der Waals surface area contributed by atoms with E-state index in [1.54, 1.807) is 20.8 Å². The second kappa shape index (κ2) is 16.4. The SMILES string of the molecule is CCCC(=O)O[C@@H]1[C@@H](OC(C)=O)[C@@H](O)C(C)=C[C@H]2[C@@H]3[C@@H](C(C)C)[C@@H](OC(=O)C(C)C)[C@H](OC(=O)CCC)[C@@]3(C)[C@@H](OC(=O)CCC)C[C@@]12C. The summed E-state index contributed by atoms with van der Waals surface area (Å²) < 4.78 is 31.0. The number of ether oxygens (including phenoxy) is 5. The molecule has 11 atom stereocenters. The van der Waals surface area contributed by atoms with Crippen molar-refractivity contribution in [2.75, 3.05) is 0 Å². The van der Waals surface area contributed by atoms with E-state index in [9.17, 15) is 29.1 Å². The second-order valence-corrected chi connectivity index (χ2v) is 15.5. The molecule has 3 rings (SSSR count). The van der Waals surface area contributed by atoms with Crippen LogP contribution in [-0.2, 0) is 47.7 Å². The normalized spacial score (nSPS) is 35.4. The van der Waals surface area contributed by atoms with Crippen LogP contribution in [0.15, 0.2) is 11.6 Å². The molecule has 2 saturated carbocycles. The summed E-state index contributed by atoms with van der Waals surface area (Å²) in [5.74, 6) is -4.43. The molecule has 0 amide bonds. The van der Waals surface area contributed by atoms with Crippen LogP contribution in [0.5, 0.6) is 0 Å². The van der Waals surface area contributed by atoms with Gasteiger partial charge in [0.25, 0.3) is 0 Å². The van der Waals surface area contributed by atoms with E-state index in [2.05, 4.69) is 0 Å². The number of esters is 5. The minimum Gasteiger partial charge on any atom is -0.462 e. The van der Waals surface area contributed by atoms with E-state index in [0.717, 1.165) is 0 Å². The minimum atomic E-state index is -1.30. The van der Waals surface area contributed by atoms with Gasteiger partial charge in [-0.05, 0) is 55.9 Å². The molecule has 2 fully saturated rings. The summed E-state index contributed by atoms with van der Waals surface area (Å²) in [6.07, 6.45) is -2.32. The van der Waals surface area contributed by atoms with Gasteiger partial charge in [0.1, 0.15) is 30.5 Å². The predicted molar refractivity (Wildman–Crippen MR) is 181 cm³/mol. The molecule has 11 heteroatoms. The molecule has 0 aromatic heterocycles. The quantitative estimate of drug-likeness (QED) is 0.140. The van der Waals surface area contributed by atoms with E-state index in [1.165, 1.54) is 6.92 Å². The van der Waals surface area contributed by atoms with E-state index >= 15 is 0 Å². The number of aliphatic hydroxyl groups is 1.